The Hall–Kier alpha value is -3.39. The van der Waals surface area contributed by atoms with Crippen LogP contribution in [0.1, 0.15) is 19.4 Å². The van der Waals surface area contributed by atoms with Gasteiger partial charge in [-0.25, -0.2) is 0 Å². The number of nitrogens with zero attached hydrogens (tertiary/aromatic N) is 3. The second-order valence-corrected chi connectivity index (χ2v) is 7.36. The zero-order valence-electron chi connectivity index (χ0n) is 16.9. The summed E-state index contributed by atoms with van der Waals surface area (Å²) >= 11 is 1.30. The molecule has 8 heteroatoms. The van der Waals surface area contributed by atoms with Gasteiger partial charge in [0, 0.05) is 5.56 Å². The Labute approximate surface area is 177 Å². The molecule has 0 N–H and O–H groups in total. The fraction of sp³-hybridized carbons (Fsp3) is 0.227. The molecule has 0 aliphatic heterocycles. The fourth-order valence-electron chi connectivity index (χ4n) is 3.00. The Morgan fingerprint density at radius 1 is 1.03 bits per heavy atom. The summed E-state index contributed by atoms with van der Waals surface area (Å²) in [5, 5.41) is 4.38. The van der Waals surface area contributed by atoms with Crippen LogP contribution in [0.3, 0.4) is 0 Å². The Morgan fingerprint density at radius 3 is 2.43 bits per heavy atom. The maximum absolute atomic E-state index is 12.8. The van der Waals surface area contributed by atoms with Gasteiger partial charge in [0.1, 0.15) is 5.75 Å². The first kappa shape index (κ1) is 19.9. The Morgan fingerprint density at radius 2 is 1.77 bits per heavy atom. The molecule has 0 aliphatic carbocycles. The van der Waals surface area contributed by atoms with Crippen LogP contribution in [0.4, 0.5) is 0 Å². The maximum atomic E-state index is 12.8. The molecule has 4 rings (SSSR count). The van der Waals surface area contributed by atoms with E-state index in [4.69, 9.17) is 14.2 Å². The Balaban J connectivity index is 1.70. The third-order valence-electron chi connectivity index (χ3n) is 4.40. The molecular weight excluding hydrogens is 402 g/mol. The summed E-state index contributed by atoms with van der Waals surface area (Å²) in [7, 11) is 1.61. The lowest BCUT2D eigenvalue weighted by Crippen LogP contribution is -2.23. The summed E-state index contributed by atoms with van der Waals surface area (Å²) in [5.41, 5.74) is 1.47. The molecule has 0 atom stereocenters. The Bertz CT molecular complexity index is 1280. The van der Waals surface area contributed by atoms with Crippen molar-refractivity contribution in [1.29, 1.82) is 0 Å². The Kier molecular flexibility index (Phi) is 5.67. The fourth-order valence-corrected chi connectivity index (χ4v) is 3.91. The van der Waals surface area contributed by atoms with Gasteiger partial charge in [0.15, 0.2) is 17.3 Å². The third-order valence-corrected chi connectivity index (χ3v) is 5.35. The number of hydrogen-bond acceptors (Lipinski definition) is 7. The summed E-state index contributed by atoms with van der Waals surface area (Å²) in [6.45, 7) is 4.93. The molecule has 0 saturated heterocycles. The van der Waals surface area contributed by atoms with E-state index in [1.807, 2.05) is 62.4 Å². The number of thiazole rings is 1. The van der Waals surface area contributed by atoms with Gasteiger partial charge in [-0.15, -0.1) is 5.10 Å². The smallest absolute Gasteiger partial charge is 0.291 e. The predicted octanol–water partition coefficient (Wildman–Crippen LogP) is 3.17. The van der Waals surface area contributed by atoms with Crippen molar-refractivity contribution >= 4 is 22.4 Å². The quantitative estimate of drug-likeness (QED) is 0.455. The van der Waals surface area contributed by atoms with Crippen LogP contribution in [0.2, 0.25) is 0 Å². The van der Waals surface area contributed by atoms with E-state index in [-0.39, 0.29) is 5.56 Å². The summed E-state index contributed by atoms with van der Waals surface area (Å²) in [6, 6.07) is 13.0. The average Bonchev–Trinajstić information content (AvgIpc) is 3.30. The van der Waals surface area contributed by atoms with Crippen molar-refractivity contribution in [1.82, 2.24) is 14.6 Å². The van der Waals surface area contributed by atoms with Gasteiger partial charge in [0.25, 0.3) is 5.56 Å². The largest absolute Gasteiger partial charge is 0.497 e. The van der Waals surface area contributed by atoms with Crippen LogP contribution in [0, 0.1) is 0 Å². The zero-order valence-corrected chi connectivity index (χ0v) is 17.7. The number of fused-ring (bicyclic) bond motifs is 1. The van der Waals surface area contributed by atoms with E-state index in [1.54, 1.807) is 7.11 Å². The van der Waals surface area contributed by atoms with Crippen molar-refractivity contribution in [3.63, 3.8) is 0 Å². The molecule has 2 aromatic heterocycles. The summed E-state index contributed by atoms with van der Waals surface area (Å²) < 4.78 is 18.3. The lowest BCUT2D eigenvalue weighted by molar-refractivity contribution is 0.287. The van der Waals surface area contributed by atoms with E-state index in [9.17, 15) is 4.79 Å². The van der Waals surface area contributed by atoms with E-state index >= 15 is 0 Å². The standard InChI is InChI=1S/C22H21N3O4S/c1-4-28-17-11-6-14(12-18(17)29-5-2)13-19-21(26)25-22(30-19)23-20(24-25)15-7-9-16(27-3)10-8-15/h6-13H,4-5H2,1-3H3/b19-13+. The average molecular weight is 423 g/mol. The first-order chi connectivity index (χ1) is 14.6. The lowest BCUT2D eigenvalue weighted by atomic mass is 10.2. The van der Waals surface area contributed by atoms with Crippen LogP contribution in [0.5, 0.6) is 17.2 Å². The first-order valence-electron chi connectivity index (χ1n) is 9.58. The molecule has 0 fully saturated rings. The number of hydrogen-bond donors (Lipinski definition) is 0. The highest BCUT2D eigenvalue weighted by Crippen LogP contribution is 2.29. The minimum Gasteiger partial charge on any atom is -0.497 e. The normalized spacial score (nSPS) is 11.8. The molecule has 2 heterocycles. The van der Waals surface area contributed by atoms with Crippen molar-refractivity contribution < 1.29 is 14.2 Å². The molecule has 0 unspecified atom stereocenters. The highest BCUT2D eigenvalue weighted by Gasteiger charge is 2.12. The number of methoxy groups -OCH3 is 1. The molecule has 30 heavy (non-hydrogen) atoms. The van der Waals surface area contributed by atoms with Crippen LogP contribution >= 0.6 is 11.3 Å². The van der Waals surface area contributed by atoms with Crippen LogP contribution < -0.4 is 24.3 Å². The van der Waals surface area contributed by atoms with Gasteiger partial charge < -0.3 is 14.2 Å². The summed E-state index contributed by atoms with van der Waals surface area (Å²) in [4.78, 5) is 17.9. The first-order valence-corrected chi connectivity index (χ1v) is 10.4. The van der Waals surface area contributed by atoms with Gasteiger partial charge >= 0.3 is 0 Å². The van der Waals surface area contributed by atoms with Gasteiger partial charge in [-0.1, -0.05) is 17.4 Å². The van der Waals surface area contributed by atoms with Crippen LogP contribution in [-0.4, -0.2) is 34.9 Å². The molecule has 0 saturated carbocycles. The van der Waals surface area contributed by atoms with Crippen LogP contribution in [0.25, 0.3) is 22.4 Å². The second-order valence-electron chi connectivity index (χ2n) is 6.35. The van der Waals surface area contributed by atoms with E-state index < -0.39 is 0 Å². The lowest BCUT2D eigenvalue weighted by Gasteiger charge is -2.11. The van der Waals surface area contributed by atoms with Crippen LogP contribution in [0.15, 0.2) is 47.3 Å². The van der Waals surface area contributed by atoms with Crippen LogP contribution in [-0.2, 0) is 0 Å². The highest BCUT2D eigenvalue weighted by atomic mass is 32.1. The molecule has 4 aromatic rings. The van der Waals surface area contributed by atoms with Gasteiger partial charge in [-0.05, 0) is 61.9 Å². The molecule has 2 aromatic carbocycles. The van der Waals surface area contributed by atoms with E-state index in [1.165, 1.54) is 15.9 Å². The van der Waals surface area contributed by atoms with Gasteiger partial charge in [-0.2, -0.15) is 9.50 Å². The second kappa shape index (κ2) is 8.54. The number of rotatable bonds is 7. The van der Waals surface area contributed by atoms with E-state index in [0.717, 1.165) is 16.9 Å². The summed E-state index contributed by atoms with van der Waals surface area (Å²) in [5.74, 6) is 2.60. The van der Waals surface area contributed by atoms with Crippen molar-refractivity contribution in [2.75, 3.05) is 20.3 Å². The monoisotopic (exact) mass is 423 g/mol. The number of benzene rings is 2. The van der Waals surface area contributed by atoms with Crippen molar-refractivity contribution in [3.8, 4) is 28.6 Å². The molecule has 0 radical (unpaired) electrons. The molecule has 154 valence electrons. The molecule has 0 amide bonds. The minimum atomic E-state index is -0.200. The molecule has 7 nitrogen and oxygen atoms in total. The minimum absolute atomic E-state index is 0.200. The zero-order chi connectivity index (χ0) is 21.1. The molecule has 0 bridgehead atoms. The third kappa shape index (κ3) is 3.86. The van der Waals surface area contributed by atoms with E-state index in [0.29, 0.717) is 40.0 Å². The summed E-state index contributed by atoms with van der Waals surface area (Å²) in [6.07, 6.45) is 1.81. The topological polar surface area (TPSA) is 75.0 Å². The number of aromatic nitrogens is 3. The van der Waals surface area contributed by atoms with Crippen molar-refractivity contribution in [3.05, 3.63) is 62.9 Å². The molecule has 0 aliphatic rings. The number of ether oxygens (including phenoxy) is 3. The van der Waals surface area contributed by atoms with Gasteiger partial charge in [0.2, 0.25) is 4.96 Å². The van der Waals surface area contributed by atoms with E-state index in [2.05, 4.69) is 10.1 Å². The SMILES string of the molecule is CCOc1ccc(/C=c2/sc3nc(-c4ccc(OC)cc4)nn3c2=O)cc1OCC. The van der Waals surface area contributed by atoms with Crippen molar-refractivity contribution in [2.24, 2.45) is 0 Å². The predicted molar refractivity (Wildman–Crippen MR) is 117 cm³/mol. The maximum Gasteiger partial charge on any atom is 0.291 e. The molecule has 0 spiro atoms. The highest BCUT2D eigenvalue weighted by molar-refractivity contribution is 7.15. The molecular formula is C22H21N3O4S. The van der Waals surface area contributed by atoms with Gasteiger partial charge in [-0.3, -0.25) is 4.79 Å². The van der Waals surface area contributed by atoms with Gasteiger partial charge in [0.05, 0.1) is 24.9 Å². The van der Waals surface area contributed by atoms with Crippen molar-refractivity contribution in [2.45, 2.75) is 13.8 Å².